The van der Waals surface area contributed by atoms with E-state index in [1.807, 2.05) is 30.3 Å². The molecule has 4 aromatic rings. The Morgan fingerprint density at radius 3 is 2.28 bits per heavy atom. The number of rotatable bonds is 11. The zero-order chi connectivity index (χ0) is 27.8. The van der Waals surface area contributed by atoms with Crippen molar-refractivity contribution in [3.8, 4) is 34.1 Å². The van der Waals surface area contributed by atoms with Crippen LogP contribution in [0, 0.1) is 11.3 Å². The van der Waals surface area contributed by atoms with Crippen LogP contribution in [0.2, 0.25) is 0 Å². The number of carboxylic acid groups (broad SMARTS) is 1. The van der Waals surface area contributed by atoms with Crippen LogP contribution in [-0.2, 0) is 6.42 Å². The van der Waals surface area contributed by atoms with Crippen molar-refractivity contribution in [3.63, 3.8) is 0 Å². The number of aliphatic hydroxyl groups excluding tert-OH is 1. The average molecular weight is 521 g/mol. The van der Waals surface area contributed by atoms with Gasteiger partial charge in [0.1, 0.15) is 24.5 Å². The number of benzene rings is 4. The van der Waals surface area contributed by atoms with Crippen molar-refractivity contribution < 1.29 is 19.7 Å². The molecular weight excluding hydrogens is 488 g/mol. The van der Waals surface area contributed by atoms with Crippen LogP contribution in [0.15, 0.2) is 97.1 Å². The minimum atomic E-state index is -0.989. The van der Waals surface area contributed by atoms with E-state index < -0.39 is 12.1 Å². The number of carbonyl (C=O) groups is 1. The first-order valence-corrected chi connectivity index (χ1v) is 12.8. The number of hydrogen-bond acceptors (Lipinski definition) is 5. The monoisotopic (exact) mass is 520 g/mol. The molecule has 0 fully saturated rings. The number of aromatic carboxylic acids is 1. The van der Waals surface area contributed by atoms with Crippen LogP contribution < -0.4 is 10.1 Å². The van der Waals surface area contributed by atoms with E-state index in [1.54, 1.807) is 30.3 Å². The molecule has 4 rings (SSSR count). The highest BCUT2D eigenvalue weighted by atomic mass is 16.5. The Bertz CT molecular complexity index is 1460. The third-order valence-corrected chi connectivity index (χ3v) is 6.55. The molecule has 0 aromatic heterocycles. The van der Waals surface area contributed by atoms with Gasteiger partial charge in [0.05, 0.1) is 11.1 Å². The summed E-state index contributed by atoms with van der Waals surface area (Å²) in [4.78, 5) is 11.1. The van der Waals surface area contributed by atoms with E-state index in [-0.39, 0.29) is 17.7 Å². The maximum atomic E-state index is 11.1. The van der Waals surface area contributed by atoms with E-state index in [0.717, 1.165) is 17.5 Å². The molecule has 198 valence electrons. The predicted molar refractivity (Wildman–Crippen MR) is 153 cm³/mol. The smallest absolute Gasteiger partial charge is 0.335 e. The van der Waals surface area contributed by atoms with Crippen LogP contribution in [0.5, 0.6) is 5.75 Å². The highest BCUT2D eigenvalue weighted by Crippen LogP contribution is 2.28. The van der Waals surface area contributed by atoms with Gasteiger partial charge in [0, 0.05) is 12.1 Å². The molecule has 0 saturated heterocycles. The molecule has 0 heterocycles. The predicted octanol–water partition coefficient (Wildman–Crippen LogP) is 5.94. The van der Waals surface area contributed by atoms with Crippen molar-refractivity contribution in [3.05, 3.63) is 114 Å². The molecule has 0 unspecified atom stereocenters. The molecule has 0 amide bonds. The van der Waals surface area contributed by atoms with Crippen LogP contribution in [0.1, 0.15) is 35.3 Å². The molecule has 0 radical (unpaired) electrons. The van der Waals surface area contributed by atoms with Gasteiger partial charge < -0.3 is 20.3 Å². The molecule has 3 N–H and O–H groups in total. The van der Waals surface area contributed by atoms with Crippen molar-refractivity contribution in [2.24, 2.45) is 0 Å². The summed E-state index contributed by atoms with van der Waals surface area (Å²) < 4.78 is 5.87. The Kier molecular flexibility index (Phi) is 8.77. The molecule has 0 spiro atoms. The quantitative estimate of drug-likeness (QED) is 0.226. The van der Waals surface area contributed by atoms with E-state index >= 15 is 0 Å². The van der Waals surface area contributed by atoms with Gasteiger partial charge >= 0.3 is 5.97 Å². The number of aliphatic hydroxyl groups is 1. The third kappa shape index (κ3) is 7.32. The normalized spacial score (nSPS) is 11.9. The summed E-state index contributed by atoms with van der Waals surface area (Å²) in [6.45, 7) is 4.54. The van der Waals surface area contributed by atoms with Crippen LogP contribution in [0.4, 0.5) is 0 Å². The van der Waals surface area contributed by atoms with Crippen LogP contribution in [0.25, 0.3) is 22.3 Å². The molecular formula is C33H32N2O4. The number of carboxylic acids is 1. The second kappa shape index (κ2) is 12.4. The van der Waals surface area contributed by atoms with Gasteiger partial charge in [0.2, 0.25) is 0 Å². The van der Waals surface area contributed by atoms with Crippen molar-refractivity contribution >= 4 is 5.97 Å². The molecule has 1 atom stereocenters. The Hall–Kier alpha value is -4.44. The molecule has 6 heteroatoms. The summed E-state index contributed by atoms with van der Waals surface area (Å²) >= 11 is 0. The van der Waals surface area contributed by atoms with Gasteiger partial charge in [0.15, 0.2) is 0 Å². The summed E-state index contributed by atoms with van der Waals surface area (Å²) in [5.41, 5.74) is 5.44. The fourth-order valence-corrected chi connectivity index (χ4v) is 4.47. The number of ether oxygens (including phenoxy) is 1. The summed E-state index contributed by atoms with van der Waals surface area (Å²) in [5.74, 6) is -0.621. The van der Waals surface area contributed by atoms with Crippen LogP contribution in [-0.4, -0.2) is 41.0 Å². The summed E-state index contributed by atoms with van der Waals surface area (Å²) in [7, 11) is 0. The Labute approximate surface area is 229 Å². The molecule has 6 nitrogen and oxygen atoms in total. The Balaban J connectivity index is 1.37. The number of nitrogens with one attached hydrogen (secondary N) is 1. The number of hydrogen-bond donors (Lipinski definition) is 3. The molecule has 0 bridgehead atoms. The SMILES string of the molecule is CC(C)(Cc1ccccc1-c1ccccc1)NC[C@H](O)COc1cc(-c2ccc(C(=O)O)cc2)ccc1C#N. The van der Waals surface area contributed by atoms with E-state index in [2.05, 4.69) is 49.5 Å². The highest BCUT2D eigenvalue weighted by molar-refractivity contribution is 5.88. The van der Waals surface area contributed by atoms with Gasteiger partial charge in [-0.25, -0.2) is 4.79 Å². The standard InChI is InChI=1S/C33H32N2O4/c1-33(2,19-27-10-6-7-11-30(27)24-8-4-3-5-9-24)35-21-29(36)22-39-31-18-26(16-17-28(31)20-34)23-12-14-25(15-13-23)32(37)38/h3-18,29,35-36H,19,21-22H2,1-2H3,(H,37,38)/t29-/m0/s1. The van der Waals surface area contributed by atoms with Gasteiger partial charge in [-0.15, -0.1) is 0 Å². The minimum Gasteiger partial charge on any atom is -0.489 e. The van der Waals surface area contributed by atoms with E-state index in [4.69, 9.17) is 9.84 Å². The largest absolute Gasteiger partial charge is 0.489 e. The van der Waals surface area contributed by atoms with E-state index in [9.17, 15) is 15.2 Å². The first kappa shape index (κ1) is 27.6. The molecule has 39 heavy (non-hydrogen) atoms. The second-order valence-corrected chi connectivity index (χ2v) is 10.1. The molecule has 0 aliphatic heterocycles. The Morgan fingerprint density at radius 1 is 0.923 bits per heavy atom. The van der Waals surface area contributed by atoms with Crippen molar-refractivity contribution in [1.29, 1.82) is 5.26 Å². The second-order valence-electron chi connectivity index (χ2n) is 10.1. The van der Waals surface area contributed by atoms with E-state index in [1.165, 1.54) is 28.8 Å². The number of β-amino-alcohol motifs (C(OH)–C–C–N with tert-alkyl or cyclic N) is 1. The zero-order valence-electron chi connectivity index (χ0n) is 22.1. The lowest BCUT2D eigenvalue weighted by Gasteiger charge is -2.29. The first-order valence-electron chi connectivity index (χ1n) is 12.8. The third-order valence-electron chi connectivity index (χ3n) is 6.55. The maximum Gasteiger partial charge on any atom is 0.335 e. The number of nitrogens with zero attached hydrogens (tertiary/aromatic N) is 1. The topological polar surface area (TPSA) is 103 Å². The summed E-state index contributed by atoms with van der Waals surface area (Å²) in [6.07, 6.45) is -0.0221. The maximum absolute atomic E-state index is 11.1. The molecule has 0 aliphatic rings. The van der Waals surface area contributed by atoms with Crippen LogP contribution in [0.3, 0.4) is 0 Å². The average Bonchev–Trinajstić information content (AvgIpc) is 2.95. The lowest BCUT2D eigenvalue weighted by atomic mass is 9.89. The van der Waals surface area contributed by atoms with Crippen LogP contribution >= 0.6 is 0 Å². The minimum absolute atomic E-state index is 0.0137. The van der Waals surface area contributed by atoms with E-state index in [0.29, 0.717) is 17.9 Å². The molecule has 0 saturated carbocycles. The number of nitriles is 1. The van der Waals surface area contributed by atoms with Crippen molar-refractivity contribution in [2.75, 3.05) is 13.2 Å². The van der Waals surface area contributed by atoms with Crippen molar-refractivity contribution in [1.82, 2.24) is 5.32 Å². The van der Waals surface area contributed by atoms with Gasteiger partial charge in [-0.1, -0.05) is 72.8 Å². The van der Waals surface area contributed by atoms with Gasteiger partial charge in [-0.05, 0) is 72.4 Å². The lowest BCUT2D eigenvalue weighted by molar-refractivity contribution is 0.0697. The van der Waals surface area contributed by atoms with Crippen molar-refractivity contribution in [2.45, 2.75) is 31.9 Å². The summed E-state index contributed by atoms with van der Waals surface area (Å²) in [6, 6.07) is 32.5. The Morgan fingerprint density at radius 2 is 1.59 bits per heavy atom. The molecule has 4 aromatic carbocycles. The van der Waals surface area contributed by atoms with Gasteiger partial charge in [-0.2, -0.15) is 5.26 Å². The first-order chi connectivity index (χ1) is 18.8. The lowest BCUT2D eigenvalue weighted by Crippen LogP contribution is -2.46. The fourth-order valence-electron chi connectivity index (χ4n) is 4.47. The zero-order valence-corrected chi connectivity index (χ0v) is 22.1. The van der Waals surface area contributed by atoms with Gasteiger partial charge in [0.25, 0.3) is 0 Å². The molecule has 0 aliphatic carbocycles. The summed E-state index contributed by atoms with van der Waals surface area (Å²) in [5, 5.41) is 32.8. The fraction of sp³-hybridized carbons (Fsp3) is 0.212. The highest BCUT2D eigenvalue weighted by Gasteiger charge is 2.21. The van der Waals surface area contributed by atoms with Gasteiger partial charge in [-0.3, -0.25) is 0 Å².